The molecule has 0 saturated heterocycles. The van der Waals surface area contributed by atoms with Gasteiger partial charge in [0.25, 0.3) is 0 Å². The van der Waals surface area contributed by atoms with Gasteiger partial charge in [0.1, 0.15) is 19.0 Å². The quantitative estimate of drug-likeness (QED) is 0.270. The Balaban J connectivity index is 1.78. The minimum Gasteiger partial charge on any atom is -0.488 e. The molecule has 34 heavy (non-hydrogen) atoms. The lowest BCUT2D eigenvalue weighted by atomic mass is 9.84. The standard InChI is InChI=1S/C30H29NO3/c1-30(2,3)25-17-24(19-32)28(33-20-22-11-6-4-7-12-22)27(18-25)26-15-10-16-31-29(26)34-21-23-13-8-5-9-14-23/h4-19H,20-21H2,1-3H3. The number of hydrogen-bond donors (Lipinski definition) is 0. The van der Waals surface area contributed by atoms with Crippen LogP contribution in [0, 0.1) is 0 Å². The maximum absolute atomic E-state index is 12.2. The molecule has 0 aliphatic carbocycles. The van der Waals surface area contributed by atoms with E-state index in [1.807, 2.05) is 78.9 Å². The van der Waals surface area contributed by atoms with Gasteiger partial charge in [0.2, 0.25) is 5.88 Å². The van der Waals surface area contributed by atoms with E-state index in [4.69, 9.17) is 9.47 Å². The number of aldehydes is 1. The maximum atomic E-state index is 12.2. The molecule has 172 valence electrons. The van der Waals surface area contributed by atoms with Crippen molar-refractivity contribution >= 4 is 6.29 Å². The summed E-state index contributed by atoms with van der Waals surface area (Å²) in [6, 6.07) is 27.7. The van der Waals surface area contributed by atoms with Crippen LogP contribution in [0.5, 0.6) is 11.6 Å². The highest BCUT2D eigenvalue weighted by Crippen LogP contribution is 2.41. The Bertz CT molecular complexity index is 1250. The third-order valence-electron chi connectivity index (χ3n) is 5.62. The second-order valence-electron chi connectivity index (χ2n) is 9.21. The van der Waals surface area contributed by atoms with Crippen LogP contribution in [-0.4, -0.2) is 11.3 Å². The number of hydrogen-bond acceptors (Lipinski definition) is 4. The fourth-order valence-corrected chi connectivity index (χ4v) is 3.70. The van der Waals surface area contributed by atoms with E-state index < -0.39 is 0 Å². The molecule has 0 unspecified atom stereocenters. The van der Waals surface area contributed by atoms with E-state index in [9.17, 15) is 4.79 Å². The molecule has 0 fully saturated rings. The summed E-state index contributed by atoms with van der Waals surface area (Å²) in [7, 11) is 0. The molecule has 4 heteroatoms. The van der Waals surface area contributed by atoms with E-state index in [2.05, 4.69) is 31.8 Å². The molecule has 0 N–H and O–H groups in total. The van der Waals surface area contributed by atoms with Crippen LogP contribution >= 0.6 is 0 Å². The van der Waals surface area contributed by atoms with Crippen molar-refractivity contribution < 1.29 is 14.3 Å². The summed E-state index contributed by atoms with van der Waals surface area (Å²) in [6.45, 7) is 7.12. The highest BCUT2D eigenvalue weighted by atomic mass is 16.5. The highest BCUT2D eigenvalue weighted by molar-refractivity contribution is 5.88. The van der Waals surface area contributed by atoms with Gasteiger partial charge in [0.15, 0.2) is 6.29 Å². The predicted octanol–water partition coefficient (Wildman–Crippen LogP) is 7.02. The van der Waals surface area contributed by atoms with Gasteiger partial charge in [-0.15, -0.1) is 0 Å². The smallest absolute Gasteiger partial charge is 0.221 e. The zero-order valence-corrected chi connectivity index (χ0v) is 19.8. The largest absolute Gasteiger partial charge is 0.488 e. The fraction of sp³-hybridized carbons (Fsp3) is 0.200. The van der Waals surface area contributed by atoms with E-state index in [1.165, 1.54) is 0 Å². The van der Waals surface area contributed by atoms with Gasteiger partial charge in [-0.2, -0.15) is 0 Å². The molecule has 4 aromatic rings. The summed E-state index contributed by atoms with van der Waals surface area (Å²) >= 11 is 0. The number of ether oxygens (including phenoxy) is 2. The Hall–Kier alpha value is -3.92. The van der Waals surface area contributed by atoms with Gasteiger partial charge in [-0.1, -0.05) is 81.4 Å². The molecule has 0 aliphatic heterocycles. The summed E-state index contributed by atoms with van der Waals surface area (Å²) < 4.78 is 12.4. The van der Waals surface area contributed by atoms with Crippen LogP contribution in [0.2, 0.25) is 0 Å². The molecule has 3 aromatic carbocycles. The van der Waals surface area contributed by atoms with Crippen molar-refractivity contribution in [2.45, 2.75) is 39.4 Å². The van der Waals surface area contributed by atoms with E-state index in [0.29, 0.717) is 30.4 Å². The van der Waals surface area contributed by atoms with Gasteiger partial charge in [-0.3, -0.25) is 4.79 Å². The number of nitrogens with zero attached hydrogens (tertiary/aromatic N) is 1. The summed E-state index contributed by atoms with van der Waals surface area (Å²) in [4.78, 5) is 16.7. The van der Waals surface area contributed by atoms with E-state index in [0.717, 1.165) is 34.1 Å². The number of benzene rings is 3. The molecule has 0 radical (unpaired) electrons. The van der Waals surface area contributed by atoms with Gasteiger partial charge in [-0.25, -0.2) is 4.98 Å². The minimum absolute atomic E-state index is 0.155. The van der Waals surface area contributed by atoms with Gasteiger partial charge in [-0.05, 0) is 46.4 Å². The predicted molar refractivity (Wildman–Crippen MR) is 135 cm³/mol. The zero-order valence-electron chi connectivity index (χ0n) is 19.8. The second-order valence-corrected chi connectivity index (χ2v) is 9.21. The molecular formula is C30H29NO3. The van der Waals surface area contributed by atoms with Crippen molar-refractivity contribution in [1.29, 1.82) is 0 Å². The van der Waals surface area contributed by atoms with E-state index in [1.54, 1.807) is 6.20 Å². The van der Waals surface area contributed by atoms with Crippen molar-refractivity contribution in [1.82, 2.24) is 4.98 Å². The first-order valence-electron chi connectivity index (χ1n) is 11.4. The fourth-order valence-electron chi connectivity index (χ4n) is 3.70. The minimum atomic E-state index is -0.155. The molecule has 1 aromatic heterocycles. The Kier molecular flexibility index (Phi) is 7.07. The molecule has 4 rings (SSSR count). The summed E-state index contributed by atoms with van der Waals surface area (Å²) in [5, 5.41) is 0. The first kappa shape index (κ1) is 23.2. The molecule has 4 nitrogen and oxygen atoms in total. The van der Waals surface area contributed by atoms with Crippen LogP contribution in [0.4, 0.5) is 0 Å². The summed E-state index contributed by atoms with van der Waals surface area (Å²) in [5.74, 6) is 1.03. The lowest BCUT2D eigenvalue weighted by Gasteiger charge is -2.23. The van der Waals surface area contributed by atoms with Gasteiger partial charge in [0, 0.05) is 17.3 Å². The van der Waals surface area contributed by atoms with Crippen LogP contribution in [0.15, 0.2) is 91.1 Å². The highest BCUT2D eigenvalue weighted by Gasteiger charge is 2.23. The normalized spacial score (nSPS) is 11.1. The van der Waals surface area contributed by atoms with Crippen LogP contribution in [-0.2, 0) is 18.6 Å². The van der Waals surface area contributed by atoms with E-state index in [-0.39, 0.29) is 5.41 Å². The van der Waals surface area contributed by atoms with Gasteiger partial charge < -0.3 is 9.47 Å². The van der Waals surface area contributed by atoms with Crippen molar-refractivity contribution in [2.75, 3.05) is 0 Å². The molecule has 0 atom stereocenters. The van der Waals surface area contributed by atoms with Crippen LogP contribution in [0.1, 0.15) is 47.8 Å². The summed E-state index contributed by atoms with van der Waals surface area (Å²) in [5.41, 5.74) is 5.05. The average Bonchev–Trinajstić information content (AvgIpc) is 2.86. The number of carbonyl (C=O) groups is 1. The van der Waals surface area contributed by atoms with Crippen LogP contribution < -0.4 is 9.47 Å². The molecule has 0 amide bonds. The maximum Gasteiger partial charge on any atom is 0.221 e. The number of pyridine rings is 1. The zero-order chi connectivity index (χ0) is 24.0. The monoisotopic (exact) mass is 451 g/mol. The van der Waals surface area contributed by atoms with E-state index >= 15 is 0 Å². The van der Waals surface area contributed by atoms with Crippen LogP contribution in [0.3, 0.4) is 0 Å². The third-order valence-corrected chi connectivity index (χ3v) is 5.62. The topological polar surface area (TPSA) is 48.4 Å². The van der Waals surface area contributed by atoms with Crippen LogP contribution in [0.25, 0.3) is 11.1 Å². The number of aromatic nitrogens is 1. The number of rotatable bonds is 8. The second kappa shape index (κ2) is 10.3. The lowest BCUT2D eigenvalue weighted by Crippen LogP contribution is -2.13. The first-order chi connectivity index (χ1) is 16.5. The summed E-state index contributed by atoms with van der Waals surface area (Å²) in [6.07, 6.45) is 2.57. The molecular weight excluding hydrogens is 422 g/mol. The Morgan fingerprint density at radius 1 is 0.765 bits per heavy atom. The molecule has 0 bridgehead atoms. The van der Waals surface area contributed by atoms with Crippen molar-refractivity contribution in [2.24, 2.45) is 0 Å². The number of carbonyl (C=O) groups excluding carboxylic acids is 1. The molecule has 1 heterocycles. The molecule has 0 saturated carbocycles. The SMILES string of the molecule is CC(C)(C)c1cc(C=O)c(OCc2ccccc2)c(-c2cccnc2OCc2ccccc2)c1. The van der Waals surface area contributed by atoms with Crippen molar-refractivity contribution in [3.05, 3.63) is 113 Å². The average molecular weight is 452 g/mol. The van der Waals surface area contributed by atoms with Crippen molar-refractivity contribution in [3.63, 3.8) is 0 Å². The molecule has 0 aliphatic rings. The van der Waals surface area contributed by atoms with Crippen molar-refractivity contribution in [3.8, 4) is 22.8 Å². The Labute approximate surface area is 201 Å². The Morgan fingerprint density at radius 3 is 1.97 bits per heavy atom. The lowest BCUT2D eigenvalue weighted by molar-refractivity contribution is 0.111. The first-order valence-corrected chi connectivity index (χ1v) is 11.4. The van der Waals surface area contributed by atoms with Gasteiger partial charge >= 0.3 is 0 Å². The Morgan fingerprint density at radius 2 is 1.38 bits per heavy atom. The van der Waals surface area contributed by atoms with Gasteiger partial charge in [0.05, 0.1) is 5.56 Å². The molecule has 0 spiro atoms. The third kappa shape index (κ3) is 5.52.